The predicted molar refractivity (Wildman–Crippen MR) is 85.5 cm³/mol. The number of halogens is 3. The third kappa shape index (κ3) is 3.05. The average molecular weight is 408 g/mol. The van der Waals surface area contributed by atoms with Crippen molar-refractivity contribution in [1.82, 2.24) is 9.78 Å². The Morgan fingerprint density at radius 1 is 1.26 bits per heavy atom. The maximum atomic E-state index is 6.39. The molecule has 2 N–H and O–H groups in total. The highest BCUT2D eigenvalue weighted by Gasteiger charge is 2.21. The third-order valence-corrected chi connectivity index (χ3v) is 4.43. The van der Waals surface area contributed by atoms with Crippen LogP contribution in [0.4, 0.5) is 0 Å². The number of benzene rings is 1. The molecule has 0 fully saturated rings. The van der Waals surface area contributed by atoms with E-state index in [2.05, 4.69) is 50.8 Å². The van der Waals surface area contributed by atoms with Gasteiger partial charge in [0.1, 0.15) is 0 Å². The summed E-state index contributed by atoms with van der Waals surface area (Å²) in [5.74, 6) is 0. The first-order valence-corrected chi connectivity index (χ1v) is 7.81. The largest absolute Gasteiger partial charge is 0.319 e. The Balaban J connectivity index is 2.52. The van der Waals surface area contributed by atoms with Gasteiger partial charge in [-0.05, 0) is 53.5 Å². The van der Waals surface area contributed by atoms with E-state index in [-0.39, 0.29) is 12.1 Å². The molecule has 1 heterocycles. The van der Waals surface area contributed by atoms with E-state index in [9.17, 15) is 0 Å². The molecule has 0 saturated heterocycles. The highest BCUT2D eigenvalue weighted by molar-refractivity contribution is 9.10. The summed E-state index contributed by atoms with van der Waals surface area (Å²) in [6.07, 6.45) is 1.77. The molecule has 1 atom stereocenters. The van der Waals surface area contributed by atoms with Crippen LogP contribution in [0, 0.1) is 0 Å². The highest BCUT2D eigenvalue weighted by atomic mass is 79.9. The zero-order valence-electron chi connectivity index (χ0n) is 10.6. The first-order chi connectivity index (χ1) is 8.91. The van der Waals surface area contributed by atoms with Crippen molar-refractivity contribution in [2.75, 3.05) is 0 Å². The van der Waals surface area contributed by atoms with Crippen molar-refractivity contribution < 1.29 is 0 Å². The molecule has 1 aromatic heterocycles. The Kier molecular flexibility index (Phi) is 4.71. The minimum atomic E-state index is -0.299. The number of hydrogen-bond acceptors (Lipinski definition) is 2. The molecule has 6 heteroatoms. The normalized spacial score (nSPS) is 13.0. The van der Waals surface area contributed by atoms with E-state index in [0.717, 1.165) is 20.2 Å². The molecule has 0 bridgehead atoms. The fraction of sp³-hybridized carbons (Fsp3) is 0.308. The van der Waals surface area contributed by atoms with Crippen LogP contribution in [-0.4, -0.2) is 9.78 Å². The molecule has 0 saturated carbocycles. The molecule has 0 aliphatic rings. The zero-order valence-corrected chi connectivity index (χ0v) is 14.5. The zero-order chi connectivity index (χ0) is 14.2. The summed E-state index contributed by atoms with van der Waals surface area (Å²) in [5, 5.41) is 5.02. The maximum Gasteiger partial charge on any atom is 0.0746 e. The number of aromatic nitrogens is 2. The lowest BCUT2D eigenvalue weighted by atomic mass is 10.0. The van der Waals surface area contributed by atoms with Gasteiger partial charge in [0.05, 0.1) is 22.4 Å². The van der Waals surface area contributed by atoms with Crippen LogP contribution in [0.25, 0.3) is 0 Å². The number of nitrogens with zero attached hydrogens (tertiary/aromatic N) is 2. The van der Waals surface area contributed by atoms with Gasteiger partial charge in [0, 0.05) is 15.5 Å². The third-order valence-electron chi connectivity index (χ3n) is 2.86. The van der Waals surface area contributed by atoms with Gasteiger partial charge in [0.15, 0.2) is 0 Å². The van der Waals surface area contributed by atoms with Crippen LogP contribution in [-0.2, 0) is 0 Å². The molecule has 0 aliphatic carbocycles. The summed E-state index contributed by atoms with van der Waals surface area (Å²) in [5.41, 5.74) is 8.27. The van der Waals surface area contributed by atoms with Crippen molar-refractivity contribution in [2.24, 2.45) is 5.73 Å². The van der Waals surface area contributed by atoms with E-state index < -0.39 is 0 Å². The van der Waals surface area contributed by atoms with Crippen molar-refractivity contribution in [1.29, 1.82) is 0 Å². The average Bonchev–Trinajstić information content (AvgIpc) is 2.73. The fourth-order valence-corrected chi connectivity index (χ4v) is 3.15. The molecule has 102 valence electrons. The van der Waals surface area contributed by atoms with Gasteiger partial charge in [0.2, 0.25) is 0 Å². The van der Waals surface area contributed by atoms with Crippen LogP contribution in [0.3, 0.4) is 0 Å². The summed E-state index contributed by atoms with van der Waals surface area (Å²) < 4.78 is 3.76. The number of hydrogen-bond donors (Lipinski definition) is 1. The van der Waals surface area contributed by atoms with E-state index in [1.807, 2.05) is 22.9 Å². The standard InChI is InChI=1S/C13H14Br2ClN3/c1-7(2)19-13(11(15)6-18-19)12(17)9-5-8(16)3-4-10(9)14/h3-7,12H,17H2,1-2H3. The van der Waals surface area contributed by atoms with E-state index in [1.54, 1.807) is 6.20 Å². The Morgan fingerprint density at radius 2 is 1.95 bits per heavy atom. The van der Waals surface area contributed by atoms with Crippen molar-refractivity contribution in [3.63, 3.8) is 0 Å². The summed E-state index contributed by atoms with van der Waals surface area (Å²) >= 11 is 13.1. The van der Waals surface area contributed by atoms with E-state index in [0.29, 0.717) is 5.02 Å². The van der Waals surface area contributed by atoms with E-state index in [4.69, 9.17) is 17.3 Å². The molecular formula is C13H14Br2ClN3. The van der Waals surface area contributed by atoms with Gasteiger partial charge in [-0.2, -0.15) is 5.10 Å². The molecule has 1 aromatic carbocycles. The van der Waals surface area contributed by atoms with Crippen LogP contribution < -0.4 is 5.73 Å². The number of nitrogens with two attached hydrogens (primary N) is 1. The van der Waals surface area contributed by atoms with Crippen molar-refractivity contribution in [3.8, 4) is 0 Å². The topological polar surface area (TPSA) is 43.8 Å². The predicted octanol–water partition coefficient (Wildman–Crippen LogP) is 4.69. The monoisotopic (exact) mass is 405 g/mol. The first-order valence-electron chi connectivity index (χ1n) is 5.85. The molecule has 2 rings (SSSR count). The first kappa shape index (κ1) is 15.0. The molecule has 3 nitrogen and oxygen atoms in total. The van der Waals surface area contributed by atoms with Crippen molar-refractivity contribution in [2.45, 2.75) is 25.9 Å². The Labute approximate surface area is 134 Å². The molecule has 0 spiro atoms. The number of rotatable bonds is 3. The van der Waals surface area contributed by atoms with Crippen molar-refractivity contribution in [3.05, 3.63) is 49.6 Å². The second-order valence-electron chi connectivity index (χ2n) is 4.56. The van der Waals surface area contributed by atoms with Gasteiger partial charge in [-0.15, -0.1) is 0 Å². The quantitative estimate of drug-likeness (QED) is 0.802. The highest BCUT2D eigenvalue weighted by Crippen LogP contribution is 2.33. The van der Waals surface area contributed by atoms with Crippen molar-refractivity contribution >= 4 is 43.5 Å². The fourth-order valence-electron chi connectivity index (χ4n) is 1.95. The summed E-state index contributed by atoms with van der Waals surface area (Å²) in [6.45, 7) is 4.14. The van der Waals surface area contributed by atoms with Gasteiger partial charge in [0.25, 0.3) is 0 Å². The second-order valence-corrected chi connectivity index (χ2v) is 6.70. The Bertz CT molecular complexity index is 596. The lowest BCUT2D eigenvalue weighted by Crippen LogP contribution is -2.19. The van der Waals surface area contributed by atoms with Crippen LogP contribution in [0.5, 0.6) is 0 Å². The SMILES string of the molecule is CC(C)n1ncc(Br)c1C(N)c1cc(Cl)ccc1Br. The van der Waals surface area contributed by atoms with Gasteiger partial charge < -0.3 is 5.73 Å². The van der Waals surface area contributed by atoms with Crippen LogP contribution in [0.1, 0.15) is 37.2 Å². The molecule has 1 unspecified atom stereocenters. The molecule has 0 aliphatic heterocycles. The van der Waals surface area contributed by atoms with Crippen LogP contribution >= 0.6 is 43.5 Å². The van der Waals surface area contributed by atoms with Crippen LogP contribution in [0.2, 0.25) is 5.02 Å². The Morgan fingerprint density at radius 3 is 2.58 bits per heavy atom. The summed E-state index contributed by atoms with van der Waals surface area (Å²) in [7, 11) is 0. The Hall–Kier alpha value is -0.360. The summed E-state index contributed by atoms with van der Waals surface area (Å²) in [4.78, 5) is 0. The maximum absolute atomic E-state index is 6.39. The van der Waals surface area contributed by atoms with E-state index >= 15 is 0 Å². The summed E-state index contributed by atoms with van der Waals surface area (Å²) in [6, 6.07) is 5.55. The molecule has 19 heavy (non-hydrogen) atoms. The van der Waals surface area contributed by atoms with E-state index in [1.165, 1.54) is 0 Å². The lowest BCUT2D eigenvalue weighted by Gasteiger charge is -2.19. The van der Waals surface area contributed by atoms with Gasteiger partial charge in [-0.25, -0.2) is 0 Å². The molecule has 2 aromatic rings. The lowest BCUT2D eigenvalue weighted by molar-refractivity contribution is 0.498. The second kappa shape index (κ2) is 5.95. The minimum absolute atomic E-state index is 0.241. The minimum Gasteiger partial charge on any atom is -0.319 e. The van der Waals surface area contributed by atoms with Crippen LogP contribution in [0.15, 0.2) is 33.3 Å². The molecule has 0 amide bonds. The van der Waals surface area contributed by atoms with Gasteiger partial charge in [-0.3, -0.25) is 4.68 Å². The smallest absolute Gasteiger partial charge is 0.0746 e. The van der Waals surface area contributed by atoms with Gasteiger partial charge >= 0.3 is 0 Å². The molecular weight excluding hydrogens is 393 g/mol. The molecule has 0 radical (unpaired) electrons. The van der Waals surface area contributed by atoms with Gasteiger partial charge in [-0.1, -0.05) is 27.5 Å².